The third kappa shape index (κ3) is 7.73. The second-order valence-electron chi connectivity index (χ2n) is 4.86. The smallest absolute Gasteiger partial charge is 0.0124 e. The van der Waals surface area contributed by atoms with E-state index >= 15 is 0 Å². The molecule has 0 aromatic rings. The van der Waals surface area contributed by atoms with Crippen LogP contribution in [0.1, 0.15) is 40.0 Å². The summed E-state index contributed by atoms with van der Waals surface area (Å²) in [6.07, 6.45) is 6.00. The topological polar surface area (TPSA) is 38.0 Å². The molecule has 0 aliphatic carbocycles. The van der Waals surface area contributed by atoms with Crippen molar-refractivity contribution in [2.75, 3.05) is 19.5 Å². The maximum Gasteiger partial charge on any atom is 0.0124 e. The lowest BCUT2D eigenvalue weighted by molar-refractivity contribution is 0.286. The molecule has 0 saturated carbocycles. The van der Waals surface area contributed by atoms with Crippen LogP contribution in [-0.2, 0) is 0 Å². The average Bonchev–Trinajstić information content (AvgIpc) is 2.03. The highest BCUT2D eigenvalue weighted by Gasteiger charge is 2.19. The van der Waals surface area contributed by atoms with E-state index in [1.54, 1.807) is 0 Å². The van der Waals surface area contributed by atoms with Crippen LogP contribution >= 0.6 is 8.58 Å². The molecular formula is C11H27N2P. The molecule has 0 aliphatic rings. The van der Waals surface area contributed by atoms with Gasteiger partial charge in [0.1, 0.15) is 0 Å². The van der Waals surface area contributed by atoms with E-state index in [2.05, 4.69) is 26.1 Å². The fourth-order valence-electron chi connectivity index (χ4n) is 1.94. The maximum atomic E-state index is 6.11. The Morgan fingerprint density at radius 2 is 2.07 bits per heavy atom. The Morgan fingerprint density at radius 3 is 2.57 bits per heavy atom. The molecule has 0 fully saturated rings. The van der Waals surface area contributed by atoms with Crippen LogP contribution in [0.25, 0.3) is 0 Å². The Bertz CT molecular complexity index is 137. The van der Waals surface area contributed by atoms with Gasteiger partial charge in [-0.25, -0.2) is 0 Å². The van der Waals surface area contributed by atoms with Crippen LogP contribution in [0, 0.1) is 5.41 Å². The van der Waals surface area contributed by atoms with Crippen LogP contribution in [0.15, 0.2) is 0 Å². The van der Waals surface area contributed by atoms with Gasteiger partial charge in [-0.05, 0) is 31.5 Å². The summed E-state index contributed by atoms with van der Waals surface area (Å²) in [5.41, 5.74) is 6.54. The minimum Gasteiger partial charge on any atom is -0.327 e. The van der Waals surface area contributed by atoms with Crippen molar-refractivity contribution in [2.45, 2.75) is 46.1 Å². The number of hydrogen-bond acceptors (Lipinski definition) is 2. The molecule has 0 rings (SSSR count). The predicted octanol–water partition coefficient (Wildman–Crippen LogP) is 2.39. The van der Waals surface area contributed by atoms with Gasteiger partial charge in [-0.15, -0.1) is 8.58 Å². The first-order valence-electron chi connectivity index (χ1n) is 5.62. The van der Waals surface area contributed by atoms with Gasteiger partial charge in [0, 0.05) is 12.3 Å². The second-order valence-corrected chi connectivity index (χ2v) is 6.12. The lowest BCUT2D eigenvalue weighted by Crippen LogP contribution is -2.30. The molecule has 0 bridgehead atoms. The summed E-state index contributed by atoms with van der Waals surface area (Å²) in [5.74, 6) is 0. The Kier molecular flexibility index (Phi) is 7.81. The molecule has 2 nitrogen and oxygen atoms in total. The van der Waals surface area contributed by atoms with Gasteiger partial charge in [0.2, 0.25) is 0 Å². The van der Waals surface area contributed by atoms with Gasteiger partial charge < -0.3 is 11.1 Å². The summed E-state index contributed by atoms with van der Waals surface area (Å²) in [6.45, 7) is 6.91. The van der Waals surface area contributed by atoms with Crippen molar-refractivity contribution in [3.8, 4) is 0 Å². The molecule has 86 valence electrons. The molecule has 3 N–H and O–H groups in total. The first-order chi connectivity index (χ1) is 6.52. The minimum absolute atomic E-state index is 0.392. The molecule has 2 unspecified atom stereocenters. The number of nitrogens with two attached hydrogens (primary N) is 1. The Balaban J connectivity index is 3.63. The second kappa shape index (κ2) is 7.62. The largest absolute Gasteiger partial charge is 0.327 e. The van der Waals surface area contributed by atoms with Crippen molar-refractivity contribution in [1.82, 2.24) is 5.32 Å². The summed E-state index contributed by atoms with van der Waals surface area (Å²) >= 11 is 0. The average molecular weight is 218 g/mol. The highest BCUT2D eigenvalue weighted by atomic mass is 31.1. The van der Waals surface area contributed by atoms with E-state index < -0.39 is 0 Å². The SMILES string of the molecule is CCCC(C)(C)CC(N)CPCNC. The van der Waals surface area contributed by atoms with Gasteiger partial charge in [-0.3, -0.25) is 0 Å². The minimum atomic E-state index is 0.392. The van der Waals surface area contributed by atoms with Crippen LogP contribution in [0.4, 0.5) is 0 Å². The van der Waals surface area contributed by atoms with Crippen molar-refractivity contribution in [3.05, 3.63) is 0 Å². The van der Waals surface area contributed by atoms with Crippen LogP contribution in [-0.4, -0.2) is 25.5 Å². The zero-order valence-electron chi connectivity index (χ0n) is 10.2. The zero-order chi connectivity index (χ0) is 11.0. The van der Waals surface area contributed by atoms with Crippen molar-refractivity contribution in [1.29, 1.82) is 0 Å². The molecule has 0 aromatic carbocycles. The highest BCUT2D eigenvalue weighted by Crippen LogP contribution is 2.28. The quantitative estimate of drug-likeness (QED) is 0.485. The van der Waals surface area contributed by atoms with E-state index in [1.807, 2.05) is 7.05 Å². The Labute approximate surface area is 91.2 Å². The summed E-state index contributed by atoms with van der Waals surface area (Å²) in [7, 11) is 2.96. The molecule has 0 saturated heterocycles. The van der Waals surface area contributed by atoms with Crippen LogP contribution in [0.5, 0.6) is 0 Å². The fraction of sp³-hybridized carbons (Fsp3) is 1.00. The van der Waals surface area contributed by atoms with Crippen molar-refractivity contribution in [3.63, 3.8) is 0 Å². The fourth-order valence-corrected chi connectivity index (χ4v) is 2.85. The maximum absolute atomic E-state index is 6.11. The number of hydrogen-bond donors (Lipinski definition) is 2. The van der Waals surface area contributed by atoms with Crippen LogP contribution in [0.2, 0.25) is 0 Å². The molecule has 2 atom stereocenters. The number of nitrogens with one attached hydrogen (secondary N) is 1. The Hall–Kier alpha value is 0.350. The van der Waals surface area contributed by atoms with E-state index in [0.29, 0.717) is 11.5 Å². The molecule has 0 aliphatic heterocycles. The third-order valence-electron chi connectivity index (χ3n) is 2.45. The molecule has 0 spiro atoms. The lowest BCUT2D eigenvalue weighted by atomic mass is 9.82. The molecule has 3 heteroatoms. The summed E-state index contributed by atoms with van der Waals surface area (Å²) in [6, 6.07) is 0.392. The van der Waals surface area contributed by atoms with E-state index in [-0.39, 0.29) is 0 Å². The lowest BCUT2D eigenvalue weighted by Gasteiger charge is -2.27. The predicted molar refractivity (Wildman–Crippen MR) is 68.4 cm³/mol. The van der Waals surface area contributed by atoms with E-state index in [1.165, 1.54) is 19.0 Å². The molecule has 0 aromatic heterocycles. The van der Waals surface area contributed by atoms with Gasteiger partial charge in [0.15, 0.2) is 0 Å². The van der Waals surface area contributed by atoms with Gasteiger partial charge >= 0.3 is 0 Å². The molecular weight excluding hydrogens is 191 g/mol. The van der Waals surface area contributed by atoms with Gasteiger partial charge in [0.05, 0.1) is 0 Å². The van der Waals surface area contributed by atoms with Crippen LogP contribution in [0.3, 0.4) is 0 Å². The summed E-state index contributed by atoms with van der Waals surface area (Å²) in [5, 5.41) is 3.17. The van der Waals surface area contributed by atoms with Gasteiger partial charge in [-0.2, -0.15) is 0 Å². The zero-order valence-corrected chi connectivity index (χ0v) is 11.2. The normalized spacial score (nSPS) is 15.2. The first-order valence-corrected chi connectivity index (χ1v) is 7.04. The third-order valence-corrected chi connectivity index (χ3v) is 3.87. The van der Waals surface area contributed by atoms with Crippen LogP contribution < -0.4 is 11.1 Å². The summed E-state index contributed by atoms with van der Waals surface area (Å²) < 4.78 is 0. The van der Waals surface area contributed by atoms with E-state index in [4.69, 9.17) is 5.73 Å². The molecule has 0 radical (unpaired) electrons. The number of rotatable bonds is 8. The molecule has 0 heterocycles. The van der Waals surface area contributed by atoms with Gasteiger partial charge in [-0.1, -0.05) is 27.2 Å². The van der Waals surface area contributed by atoms with E-state index in [9.17, 15) is 0 Å². The highest BCUT2D eigenvalue weighted by molar-refractivity contribution is 7.37. The van der Waals surface area contributed by atoms with Crippen molar-refractivity contribution < 1.29 is 0 Å². The molecule has 14 heavy (non-hydrogen) atoms. The standard InChI is InChI=1S/C11H27N2P/c1-5-6-11(2,3)7-10(12)8-14-9-13-4/h10,13-14H,5-9,12H2,1-4H3. The Morgan fingerprint density at radius 1 is 1.43 bits per heavy atom. The molecule has 0 amide bonds. The monoisotopic (exact) mass is 218 g/mol. The van der Waals surface area contributed by atoms with Gasteiger partial charge in [0.25, 0.3) is 0 Å². The van der Waals surface area contributed by atoms with Crippen molar-refractivity contribution >= 4 is 8.58 Å². The summed E-state index contributed by atoms with van der Waals surface area (Å²) in [4.78, 5) is 0. The van der Waals surface area contributed by atoms with E-state index in [0.717, 1.165) is 21.3 Å². The van der Waals surface area contributed by atoms with Crippen molar-refractivity contribution in [2.24, 2.45) is 11.1 Å². The first kappa shape index (κ1) is 14.3.